The van der Waals surface area contributed by atoms with Gasteiger partial charge in [-0.15, -0.1) is 24.0 Å². The molecule has 0 bridgehead atoms. The van der Waals surface area contributed by atoms with E-state index in [4.69, 9.17) is 17.3 Å². The minimum Gasteiger partial charge on any atom is -0.370 e. The minimum absolute atomic E-state index is 0. The monoisotopic (exact) mass is 428 g/mol. The number of halogens is 2. The molecule has 0 amide bonds. The van der Waals surface area contributed by atoms with E-state index in [0.717, 1.165) is 17.7 Å². The van der Waals surface area contributed by atoms with E-state index in [9.17, 15) is 0 Å². The van der Waals surface area contributed by atoms with Crippen LogP contribution in [0.15, 0.2) is 41.5 Å². The van der Waals surface area contributed by atoms with Gasteiger partial charge in [-0.2, -0.15) is 0 Å². The lowest BCUT2D eigenvalue weighted by Crippen LogP contribution is -2.22. The highest BCUT2D eigenvalue weighted by molar-refractivity contribution is 14.0. The SMILES string of the molecule is I.NC(=NCc1ccc(Cl)nc1)Nc1ccc2c(c1)CCC2. The van der Waals surface area contributed by atoms with Crippen molar-refractivity contribution in [1.82, 2.24) is 4.98 Å². The number of pyridine rings is 1. The standard InChI is InChI=1S/C16H17ClN4.HI/c17-15-7-4-11(9-19-15)10-20-16(18)21-14-6-5-12-2-1-3-13(12)8-14;/h4-9H,1-3,10H2,(H3,18,20,21);1H. The van der Waals surface area contributed by atoms with Gasteiger partial charge in [-0.25, -0.2) is 9.98 Å². The maximum Gasteiger partial charge on any atom is 0.193 e. The van der Waals surface area contributed by atoms with E-state index in [1.807, 2.05) is 6.07 Å². The average Bonchev–Trinajstić information content (AvgIpc) is 2.94. The summed E-state index contributed by atoms with van der Waals surface area (Å²) in [7, 11) is 0. The Morgan fingerprint density at radius 3 is 2.82 bits per heavy atom. The van der Waals surface area contributed by atoms with E-state index < -0.39 is 0 Å². The summed E-state index contributed by atoms with van der Waals surface area (Å²) in [6.45, 7) is 0.480. The first kappa shape index (κ1) is 17.0. The lowest BCUT2D eigenvalue weighted by atomic mass is 10.1. The molecule has 0 spiro atoms. The van der Waals surface area contributed by atoms with Gasteiger partial charge in [0.15, 0.2) is 5.96 Å². The second-order valence-corrected chi connectivity index (χ2v) is 5.54. The molecule has 0 fully saturated rings. The lowest BCUT2D eigenvalue weighted by molar-refractivity contribution is 0.912. The fourth-order valence-corrected chi connectivity index (χ4v) is 2.63. The molecule has 4 nitrogen and oxygen atoms in total. The van der Waals surface area contributed by atoms with Crippen LogP contribution in [0, 0.1) is 0 Å². The Morgan fingerprint density at radius 2 is 2.05 bits per heavy atom. The summed E-state index contributed by atoms with van der Waals surface area (Å²) in [6, 6.07) is 10.0. The van der Waals surface area contributed by atoms with Crippen LogP contribution in [-0.4, -0.2) is 10.9 Å². The fraction of sp³-hybridized carbons (Fsp3) is 0.250. The third-order valence-corrected chi connectivity index (χ3v) is 3.82. The predicted molar refractivity (Wildman–Crippen MR) is 102 cm³/mol. The summed E-state index contributed by atoms with van der Waals surface area (Å²) < 4.78 is 0. The molecule has 22 heavy (non-hydrogen) atoms. The van der Waals surface area contributed by atoms with Gasteiger partial charge in [-0.05, 0) is 54.2 Å². The highest BCUT2D eigenvalue weighted by atomic mass is 127. The molecule has 3 rings (SSSR count). The molecule has 6 heteroatoms. The second-order valence-electron chi connectivity index (χ2n) is 5.15. The molecule has 0 unspecified atom stereocenters. The van der Waals surface area contributed by atoms with Crippen molar-refractivity contribution in [2.75, 3.05) is 5.32 Å². The number of benzene rings is 1. The van der Waals surface area contributed by atoms with Crippen LogP contribution < -0.4 is 11.1 Å². The number of nitrogens with two attached hydrogens (primary N) is 1. The van der Waals surface area contributed by atoms with Gasteiger partial charge in [-0.1, -0.05) is 23.7 Å². The van der Waals surface area contributed by atoms with Crippen LogP contribution in [0.3, 0.4) is 0 Å². The summed E-state index contributed by atoms with van der Waals surface area (Å²) in [6.07, 6.45) is 5.28. The largest absolute Gasteiger partial charge is 0.370 e. The van der Waals surface area contributed by atoms with Crippen LogP contribution in [0.1, 0.15) is 23.1 Å². The van der Waals surface area contributed by atoms with Crippen molar-refractivity contribution in [3.63, 3.8) is 0 Å². The summed E-state index contributed by atoms with van der Waals surface area (Å²) in [4.78, 5) is 8.33. The van der Waals surface area contributed by atoms with Crippen LogP contribution in [0.2, 0.25) is 5.15 Å². The summed E-state index contributed by atoms with van der Waals surface area (Å²) in [5, 5.41) is 3.61. The number of anilines is 1. The quantitative estimate of drug-likeness (QED) is 0.339. The molecule has 1 aliphatic carbocycles. The number of hydrogen-bond acceptors (Lipinski definition) is 2. The van der Waals surface area contributed by atoms with E-state index >= 15 is 0 Å². The zero-order valence-corrected chi connectivity index (χ0v) is 15.1. The van der Waals surface area contributed by atoms with Crippen molar-refractivity contribution in [2.45, 2.75) is 25.8 Å². The third kappa shape index (κ3) is 4.33. The second kappa shape index (κ2) is 7.78. The zero-order chi connectivity index (χ0) is 14.7. The molecule has 1 aliphatic rings. The molecule has 116 valence electrons. The van der Waals surface area contributed by atoms with Crippen LogP contribution >= 0.6 is 35.6 Å². The molecular weight excluding hydrogens is 411 g/mol. The first-order valence-electron chi connectivity index (χ1n) is 7.00. The average molecular weight is 429 g/mol. The van der Waals surface area contributed by atoms with Crippen LogP contribution in [-0.2, 0) is 19.4 Å². The molecule has 1 aromatic heterocycles. The van der Waals surface area contributed by atoms with E-state index in [1.165, 1.54) is 24.0 Å². The van der Waals surface area contributed by atoms with Crippen LogP contribution in [0.4, 0.5) is 5.69 Å². The number of hydrogen-bond donors (Lipinski definition) is 2. The highest BCUT2D eigenvalue weighted by Gasteiger charge is 2.10. The van der Waals surface area contributed by atoms with E-state index in [2.05, 4.69) is 33.5 Å². The van der Waals surface area contributed by atoms with Gasteiger partial charge in [0, 0.05) is 11.9 Å². The molecule has 2 aromatic rings. The Bertz CT molecular complexity index is 670. The van der Waals surface area contributed by atoms with Crippen molar-refractivity contribution < 1.29 is 0 Å². The molecular formula is C16H18ClIN4. The number of guanidine groups is 1. The van der Waals surface area contributed by atoms with Crippen molar-refractivity contribution in [3.05, 3.63) is 58.4 Å². The van der Waals surface area contributed by atoms with Gasteiger partial charge in [0.1, 0.15) is 5.15 Å². The molecule has 0 radical (unpaired) electrons. The van der Waals surface area contributed by atoms with Crippen LogP contribution in [0.5, 0.6) is 0 Å². The number of aryl methyl sites for hydroxylation is 2. The first-order valence-corrected chi connectivity index (χ1v) is 7.38. The molecule has 0 saturated carbocycles. The van der Waals surface area contributed by atoms with Crippen molar-refractivity contribution >= 4 is 47.2 Å². The van der Waals surface area contributed by atoms with Crippen molar-refractivity contribution in [1.29, 1.82) is 0 Å². The third-order valence-electron chi connectivity index (χ3n) is 3.59. The summed E-state index contributed by atoms with van der Waals surface area (Å²) >= 11 is 5.74. The molecule has 0 aliphatic heterocycles. The Labute approximate surface area is 152 Å². The normalized spacial score (nSPS) is 13.4. The molecule has 0 saturated heterocycles. The topological polar surface area (TPSA) is 63.3 Å². The molecule has 1 heterocycles. The van der Waals surface area contributed by atoms with E-state index in [-0.39, 0.29) is 24.0 Å². The van der Waals surface area contributed by atoms with Gasteiger partial charge in [0.25, 0.3) is 0 Å². The van der Waals surface area contributed by atoms with Crippen LogP contribution in [0.25, 0.3) is 0 Å². The fourth-order valence-electron chi connectivity index (χ4n) is 2.51. The van der Waals surface area contributed by atoms with Gasteiger partial charge < -0.3 is 11.1 Å². The Hall–Kier alpha value is -1.34. The van der Waals surface area contributed by atoms with Gasteiger partial charge in [-0.3, -0.25) is 0 Å². The summed E-state index contributed by atoms with van der Waals surface area (Å²) in [5.74, 6) is 0.405. The maximum atomic E-state index is 5.92. The number of aromatic nitrogens is 1. The molecule has 3 N–H and O–H groups in total. The van der Waals surface area contributed by atoms with E-state index in [0.29, 0.717) is 17.7 Å². The number of rotatable bonds is 3. The number of fused-ring (bicyclic) bond motifs is 1. The van der Waals surface area contributed by atoms with E-state index in [1.54, 1.807) is 12.3 Å². The summed E-state index contributed by atoms with van der Waals surface area (Å²) in [5.41, 5.74) is 10.7. The number of aliphatic imine (C=N–C) groups is 1. The maximum absolute atomic E-state index is 5.92. The number of nitrogens with zero attached hydrogens (tertiary/aromatic N) is 2. The predicted octanol–water partition coefficient (Wildman–Crippen LogP) is 3.77. The first-order chi connectivity index (χ1) is 10.2. The van der Waals surface area contributed by atoms with Crippen molar-refractivity contribution in [2.24, 2.45) is 10.7 Å². The van der Waals surface area contributed by atoms with Crippen molar-refractivity contribution in [3.8, 4) is 0 Å². The molecule has 1 aromatic carbocycles. The van der Waals surface area contributed by atoms with Gasteiger partial charge in [0.05, 0.1) is 6.54 Å². The lowest BCUT2D eigenvalue weighted by Gasteiger charge is -2.08. The highest BCUT2D eigenvalue weighted by Crippen LogP contribution is 2.24. The zero-order valence-electron chi connectivity index (χ0n) is 12.1. The van der Waals surface area contributed by atoms with Gasteiger partial charge >= 0.3 is 0 Å². The van der Waals surface area contributed by atoms with Gasteiger partial charge in [0.2, 0.25) is 0 Å². The molecule has 0 atom stereocenters. The minimum atomic E-state index is 0. The Balaban J connectivity index is 0.00000176. The smallest absolute Gasteiger partial charge is 0.193 e. The number of nitrogens with one attached hydrogen (secondary N) is 1. The Morgan fingerprint density at radius 1 is 1.23 bits per heavy atom. The Kier molecular flexibility index (Phi) is 6.02.